The van der Waals surface area contributed by atoms with Crippen LogP contribution in [0.1, 0.15) is 59.3 Å². The fourth-order valence-electron chi connectivity index (χ4n) is 2.94. The summed E-state index contributed by atoms with van der Waals surface area (Å²) in [5.41, 5.74) is 0.467. The summed E-state index contributed by atoms with van der Waals surface area (Å²) in [7, 11) is 0. The number of aromatic nitrogens is 2. The summed E-state index contributed by atoms with van der Waals surface area (Å²) in [5.74, 6) is 0.0586. The maximum atomic E-state index is 12.7. The van der Waals surface area contributed by atoms with Crippen LogP contribution in [0.4, 0.5) is 0 Å². The van der Waals surface area contributed by atoms with E-state index in [-0.39, 0.29) is 23.8 Å². The second-order valence-corrected chi connectivity index (χ2v) is 7.15. The van der Waals surface area contributed by atoms with Crippen molar-refractivity contribution < 1.29 is 9.59 Å². The number of rotatable bonds is 5. The summed E-state index contributed by atoms with van der Waals surface area (Å²) >= 11 is 1.46. The van der Waals surface area contributed by atoms with E-state index in [0.717, 1.165) is 17.7 Å². The molecular weight excluding hydrogens is 310 g/mol. The van der Waals surface area contributed by atoms with E-state index < -0.39 is 0 Å². The second kappa shape index (κ2) is 6.66. The van der Waals surface area contributed by atoms with Gasteiger partial charge >= 0.3 is 0 Å². The van der Waals surface area contributed by atoms with Crippen LogP contribution in [0.15, 0.2) is 30.0 Å². The molecule has 2 aromatic heterocycles. The first-order valence-corrected chi connectivity index (χ1v) is 8.85. The lowest BCUT2D eigenvalue weighted by atomic mass is 10.1. The highest BCUT2D eigenvalue weighted by molar-refractivity contribution is 7.12. The summed E-state index contributed by atoms with van der Waals surface area (Å²) < 4.78 is 1.93. The average Bonchev–Trinajstić information content (AvgIpc) is 3.27. The fourth-order valence-corrected chi connectivity index (χ4v) is 3.62. The lowest BCUT2D eigenvalue weighted by molar-refractivity contribution is 0.0712. The van der Waals surface area contributed by atoms with Crippen LogP contribution in [0.5, 0.6) is 0 Å². The van der Waals surface area contributed by atoms with E-state index in [1.165, 1.54) is 11.3 Å². The summed E-state index contributed by atoms with van der Waals surface area (Å²) in [4.78, 5) is 31.8. The number of hydrogen-bond donors (Lipinski definition) is 0. The number of Topliss-reactive ketones (excluding diaryl/α,β-unsaturated/α-hetero) is 1. The van der Waals surface area contributed by atoms with Gasteiger partial charge in [-0.15, -0.1) is 11.3 Å². The number of nitrogens with zero attached hydrogens (tertiary/aromatic N) is 3. The molecule has 0 aromatic carbocycles. The number of carbonyl (C=O) groups is 2. The number of carbonyl (C=O) groups excluding carboxylic acids is 2. The van der Waals surface area contributed by atoms with E-state index in [1.54, 1.807) is 12.5 Å². The van der Waals surface area contributed by atoms with E-state index in [2.05, 4.69) is 4.98 Å². The van der Waals surface area contributed by atoms with Crippen molar-refractivity contribution in [1.82, 2.24) is 14.5 Å². The molecule has 0 bridgehead atoms. The Kier molecular flexibility index (Phi) is 4.61. The van der Waals surface area contributed by atoms with Gasteiger partial charge in [-0.05, 0) is 38.1 Å². The molecule has 3 rings (SSSR count). The van der Waals surface area contributed by atoms with Crippen LogP contribution in [0.3, 0.4) is 0 Å². The van der Waals surface area contributed by atoms with E-state index in [0.29, 0.717) is 18.7 Å². The highest BCUT2D eigenvalue weighted by atomic mass is 32.1. The van der Waals surface area contributed by atoms with Gasteiger partial charge in [0.25, 0.3) is 5.91 Å². The van der Waals surface area contributed by atoms with Crippen molar-refractivity contribution in [3.63, 3.8) is 0 Å². The van der Waals surface area contributed by atoms with Crippen LogP contribution in [-0.2, 0) is 0 Å². The van der Waals surface area contributed by atoms with Crippen molar-refractivity contribution in [2.45, 2.75) is 45.2 Å². The smallest absolute Gasteiger partial charge is 0.274 e. The maximum Gasteiger partial charge on any atom is 0.274 e. The molecule has 0 spiro atoms. The Morgan fingerprint density at radius 3 is 2.91 bits per heavy atom. The molecule has 122 valence electrons. The molecule has 1 unspecified atom stereocenters. The van der Waals surface area contributed by atoms with Crippen molar-refractivity contribution in [3.8, 4) is 0 Å². The molecule has 1 aliphatic rings. The van der Waals surface area contributed by atoms with E-state index in [1.807, 2.05) is 40.8 Å². The second-order valence-electron chi connectivity index (χ2n) is 6.20. The fraction of sp³-hybridized carbons (Fsp3) is 0.471. The standard InChI is InChI=1S/C17H21N3O2S/c1-12(2)19-10-14(18-11-19)17(22)20-7-3-5-13(20)9-15(21)16-6-4-8-23-16/h4,6,8,10-13H,3,5,7,9H2,1-2H3. The third-order valence-electron chi connectivity index (χ3n) is 4.27. The quantitative estimate of drug-likeness (QED) is 0.789. The van der Waals surface area contributed by atoms with Crippen molar-refractivity contribution in [3.05, 3.63) is 40.6 Å². The zero-order valence-electron chi connectivity index (χ0n) is 13.4. The lowest BCUT2D eigenvalue weighted by Gasteiger charge is -2.23. The molecule has 6 heteroatoms. The number of likely N-dealkylation sites (tertiary alicyclic amines) is 1. The molecule has 3 heterocycles. The Morgan fingerprint density at radius 1 is 1.43 bits per heavy atom. The van der Waals surface area contributed by atoms with Gasteiger partial charge in [-0.25, -0.2) is 4.98 Å². The normalized spacial score (nSPS) is 17.9. The van der Waals surface area contributed by atoms with Gasteiger partial charge in [-0.3, -0.25) is 9.59 Å². The minimum Gasteiger partial charge on any atom is -0.334 e. The summed E-state index contributed by atoms with van der Waals surface area (Å²) in [6.45, 7) is 4.80. The maximum absolute atomic E-state index is 12.7. The zero-order valence-corrected chi connectivity index (χ0v) is 14.3. The number of thiophene rings is 1. The van der Waals surface area contributed by atoms with Crippen LogP contribution < -0.4 is 0 Å². The van der Waals surface area contributed by atoms with E-state index in [9.17, 15) is 9.59 Å². The largest absolute Gasteiger partial charge is 0.334 e. The Morgan fingerprint density at radius 2 is 2.26 bits per heavy atom. The highest BCUT2D eigenvalue weighted by Crippen LogP contribution is 2.25. The van der Waals surface area contributed by atoms with Gasteiger partial charge in [-0.1, -0.05) is 6.07 Å². The van der Waals surface area contributed by atoms with Gasteiger partial charge in [0, 0.05) is 31.2 Å². The molecule has 0 saturated carbocycles. The number of hydrogen-bond acceptors (Lipinski definition) is 4. The molecule has 0 aliphatic carbocycles. The molecule has 1 aliphatic heterocycles. The highest BCUT2D eigenvalue weighted by Gasteiger charge is 2.32. The lowest BCUT2D eigenvalue weighted by Crippen LogP contribution is -2.37. The van der Waals surface area contributed by atoms with Crippen LogP contribution >= 0.6 is 11.3 Å². The molecule has 1 saturated heterocycles. The van der Waals surface area contributed by atoms with Crippen molar-refractivity contribution in [2.24, 2.45) is 0 Å². The van der Waals surface area contributed by atoms with Crippen LogP contribution in [0.2, 0.25) is 0 Å². The van der Waals surface area contributed by atoms with E-state index >= 15 is 0 Å². The number of imidazole rings is 1. The molecule has 5 nitrogen and oxygen atoms in total. The Bertz CT molecular complexity index is 691. The van der Waals surface area contributed by atoms with Gasteiger partial charge in [0.15, 0.2) is 5.78 Å². The minimum atomic E-state index is -0.0640. The van der Waals surface area contributed by atoms with E-state index in [4.69, 9.17) is 0 Å². The van der Waals surface area contributed by atoms with Crippen LogP contribution in [0.25, 0.3) is 0 Å². The van der Waals surface area contributed by atoms with Crippen LogP contribution in [-0.4, -0.2) is 38.7 Å². The monoisotopic (exact) mass is 331 g/mol. The minimum absolute atomic E-state index is 0.0127. The predicted octanol–water partition coefficient (Wildman–Crippen LogP) is 3.40. The summed E-state index contributed by atoms with van der Waals surface area (Å²) in [6.07, 6.45) is 5.72. The van der Waals surface area contributed by atoms with Gasteiger partial charge in [0.05, 0.1) is 11.2 Å². The topological polar surface area (TPSA) is 55.2 Å². The summed E-state index contributed by atoms with van der Waals surface area (Å²) in [6, 6.07) is 3.99. The first kappa shape index (κ1) is 15.9. The van der Waals surface area contributed by atoms with Gasteiger partial charge < -0.3 is 9.47 Å². The van der Waals surface area contributed by atoms with Crippen LogP contribution in [0, 0.1) is 0 Å². The Labute approximate surface area is 139 Å². The molecule has 2 aromatic rings. The predicted molar refractivity (Wildman–Crippen MR) is 89.9 cm³/mol. The Hall–Kier alpha value is -1.95. The number of ketones is 1. The molecule has 0 radical (unpaired) electrons. The molecule has 1 fully saturated rings. The summed E-state index contributed by atoms with van der Waals surface area (Å²) in [5, 5.41) is 1.91. The van der Waals surface area contributed by atoms with Crippen molar-refractivity contribution in [1.29, 1.82) is 0 Å². The molecular formula is C17H21N3O2S. The first-order valence-electron chi connectivity index (χ1n) is 7.97. The number of amides is 1. The van der Waals surface area contributed by atoms with Gasteiger partial charge in [0.2, 0.25) is 0 Å². The SMILES string of the molecule is CC(C)n1cnc(C(=O)N2CCCC2CC(=O)c2cccs2)c1. The Balaban J connectivity index is 1.70. The van der Waals surface area contributed by atoms with Crippen molar-refractivity contribution in [2.75, 3.05) is 6.54 Å². The van der Waals surface area contributed by atoms with Gasteiger partial charge in [-0.2, -0.15) is 0 Å². The first-order chi connectivity index (χ1) is 11.1. The van der Waals surface area contributed by atoms with Crippen molar-refractivity contribution >= 4 is 23.0 Å². The zero-order chi connectivity index (χ0) is 16.4. The van der Waals surface area contributed by atoms with Gasteiger partial charge in [0.1, 0.15) is 5.69 Å². The molecule has 23 heavy (non-hydrogen) atoms. The molecule has 1 atom stereocenters. The third kappa shape index (κ3) is 3.37. The third-order valence-corrected chi connectivity index (χ3v) is 5.18. The molecule has 0 N–H and O–H groups in total. The molecule has 1 amide bonds. The average molecular weight is 331 g/mol.